The van der Waals surface area contributed by atoms with Gasteiger partial charge in [0.25, 0.3) is 0 Å². The number of carbonyl (C=O) groups is 1. The molecule has 0 bridgehead atoms. The fraction of sp³-hybridized carbons (Fsp3) is 0.375. The first-order chi connectivity index (χ1) is 11.3. The van der Waals surface area contributed by atoms with E-state index < -0.39 is 23.8 Å². The molecule has 2 N–H and O–H groups in total. The first-order valence-corrected chi connectivity index (χ1v) is 7.53. The molecule has 1 aromatic carbocycles. The highest BCUT2D eigenvalue weighted by Gasteiger charge is 2.39. The van der Waals surface area contributed by atoms with Gasteiger partial charge in [-0.2, -0.15) is 18.3 Å². The summed E-state index contributed by atoms with van der Waals surface area (Å²) in [6.07, 6.45) is -2.98. The number of nitrogens with one attached hydrogen (secondary N) is 1. The minimum Gasteiger partial charge on any atom is -0.506 e. The Kier molecular flexibility index (Phi) is 3.98. The Balaban J connectivity index is 1.86. The molecule has 1 saturated carbocycles. The third-order valence-electron chi connectivity index (χ3n) is 3.96. The monoisotopic (exact) mass is 339 g/mol. The molecule has 0 spiro atoms. The summed E-state index contributed by atoms with van der Waals surface area (Å²) < 4.78 is 39.9. The largest absolute Gasteiger partial charge is 0.506 e. The first-order valence-electron chi connectivity index (χ1n) is 7.53. The van der Waals surface area contributed by atoms with Crippen molar-refractivity contribution in [2.75, 3.05) is 5.32 Å². The lowest BCUT2D eigenvalue weighted by Gasteiger charge is -2.16. The van der Waals surface area contributed by atoms with Crippen LogP contribution in [0.3, 0.4) is 0 Å². The minimum absolute atomic E-state index is 0.00831. The van der Waals surface area contributed by atoms with Crippen LogP contribution in [0.25, 0.3) is 0 Å². The molecule has 5 nitrogen and oxygen atoms in total. The molecule has 1 aliphatic rings. The number of para-hydroxylation sites is 2. The number of anilines is 1. The Hall–Kier alpha value is -2.51. The van der Waals surface area contributed by atoms with Gasteiger partial charge >= 0.3 is 6.18 Å². The van der Waals surface area contributed by atoms with E-state index >= 15 is 0 Å². The zero-order chi connectivity index (χ0) is 17.5. The Labute approximate surface area is 136 Å². The summed E-state index contributed by atoms with van der Waals surface area (Å²) in [5.74, 6) is -0.652. The maximum absolute atomic E-state index is 12.9. The molecule has 2 aromatic rings. The van der Waals surface area contributed by atoms with Gasteiger partial charge in [0.15, 0.2) is 5.69 Å². The number of phenols is 1. The van der Waals surface area contributed by atoms with Crippen LogP contribution < -0.4 is 5.32 Å². The number of alkyl halides is 3. The van der Waals surface area contributed by atoms with Crippen molar-refractivity contribution in [1.82, 2.24) is 9.78 Å². The second-order valence-corrected chi connectivity index (χ2v) is 5.85. The first kappa shape index (κ1) is 16.4. The zero-order valence-corrected chi connectivity index (χ0v) is 12.8. The highest BCUT2D eigenvalue weighted by Crippen LogP contribution is 2.43. The number of hydrogen-bond acceptors (Lipinski definition) is 3. The highest BCUT2D eigenvalue weighted by molar-refractivity contribution is 5.94. The van der Waals surface area contributed by atoms with E-state index in [0.717, 1.165) is 23.6 Å². The molecule has 8 heteroatoms. The van der Waals surface area contributed by atoms with Crippen molar-refractivity contribution in [3.63, 3.8) is 0 Å². The molecule has 1 fully saturated rings. The second kappa shape index (κ2) is 5.85. The quantitative estimate of drug-likeness (QED) is 0.835. The van der Waals surface area contributed by atoms with Crippen molar-refractivity contribution in [2.45, 2.75) is 37.9 Å². The Morgan fingerprint density at radius 3 is 2.62 bits per heavy atom. The van der Waals surface area contributed by atoms with Crippen molar-refractivity contribution in [2.24, 2.45) is 0 Å². The molecular weight excluding hydrogens is 323 g/mol. The maximum atomic E-state index is 12.9. The van der Waals surface area contributed by atoms with Crippen LogP contribution >= 0.6 is 0 Å². The third-order valence-corrected chi connectivity index (χ3v) is 3.96. The summed E-state index contributed by atoms with van der Waals surface area (Å²) in [6.45, 7) is 1.48. The Bertz CT molecular complexity index is 766. The van der Waals surface area contributed by atoms with Gasteiger partial charge in [-0.1, -0.05) is 12.1 Å². The summed E-state index contributed by atoms with van der Waals surface area (Å²) in [5, 5.41) is 15.8. The van der Waals surface area contributed by atoms with Crippen molar-refractivity contribution in [1.29, 1.82) is 0 Å². The van der Waals surface area contributed by atoms with Gasteiger partial charge in [0.1, 0.15) is 11.8 Å². The molecule has 1 amide bonds. The standard InChI is InChI=1S/C16H16F3N3O2/c1-9(15(24)20-11-4-2-3-5-13(11)23)22-12(10-6-7-10)8-14(21-22)16(17,18)19/h2-5,8-10,23H,6-7H2,1H3,(H,20,24). The van der Waals surface area contributed by atoms with Crippen LogP contribution in [-0.4, -0.2) is 20.8 Å². The van der Waals surface area contributed by atoms with E-state index in [-0.39, 0.29) is 17.4 Å². The fourth-order valence-corrected chi connectivity index (χ4v) is 2.47. The molecule has 1 unspecified atom stereocenters. The molecule has 1 aromatic heterocycles. The van der Waals surface area contributed by atoms with Gasteiger partial charge in [-0.25, -0.2) is 0 Å². The van der Waals surface area contributed by atoms with Crippen molar-refractivity contribution in [3.8, 4) is 5.75 Å². The molecule has 0 radical (unpaired) electrons. The molecular formula is C16H16F3N3O2. The Morgan fingerprint density at radius 1 is 1.38 bits per heavy atom. The van der Waals surface area contributed by atoms with Gasteiger partial charge < -0.3 is 10.4 Å². The summed E-state index contributed by atoms with van der Waals surface area (Å²) in [7, 11) is 0. The summed E-state index contributed by atoms with van der Waals surface area (Å²) >= 11 is 0. The highest BCUT2D eigenvalue weighted by atomic mass is 19.4. The third kappa shape index (κ3) is 3.22. The van der Waals surface area contributed by atoms with Gasteiger partial charge in [0, 0.05) is 11.6 Å². The van der Waals surface area contributed by atoms with Crippen LogP contribution in [0.1, 0.15) is 43.1 Å². The molecule has 24 heavy (non-hydrogen) atoms. The van der Waals surface area contributed by atoms with Gasteiger partial charge in [0.05, 0.1) is 5.69 Å². The van der Waals surface area contributed by atoms with Crippen molar-refractivity contribution < 1.29 is 23.1 Å². The predicted molar refractivity (Wildman–Crippen MR) is 80.7 cm³/mol. The van der Waals surface area contributed by atoms with E-state index in [2.05, 4.69) is 10.4 Å². The van der Waals surface area contributed by atoms with E-state index in [0.29, 0.717) is 5.69 Å². The average Bonchev–Trinajstić information content (AvgIpc) is 3.25. The minimum atomic E-state index is -4.55. The summed E-state index contributed by atoms with van der Waals surface area (Å²) in [4.78, 5) is 12.4. The van der Waals surface area contributed by atoms with E-state index in [1.807, 2.05) is 0 Å². The molecule has 1 aliphatic carbocycles. The topological polar surface area (TPSA) is 67.2 Å². The number of hydrogen-bond donors (Lipinski definition) is 2. The van der Waals surface area contributed by atoms with Gasteiger partial charge in [-0.05, 0) is 38.0 Å². The average molecular weight is 339 g/mol. The number of benzene rings is 1. The van der Waals surface area contributed by atoms with Gasteiger partial charge in [0.2, 0.25) is 5.91 Å². The fourth-order valence-electron chi connectivity index (χ4n) is 2.47. The predicted octanol–water partition coefficient (Wildman–Crippen LogP) is 3.68. The van der Waals surface area contributed by atoms with Gasteiger partial charge in [-0.3, -0.25) is 9.48 Å². The lowest BCUT2D eigenvalue weighted by molar-refractivity contribution is -0.141. The lowest BCUT2D eigenvalue weighted by atomic mass is 10.2. The van der Waals surface area contributed by atoms with E-state index in [1.54, 1.807) is 12.1 Å². The zero-order valence-electron chi connectivity index (χ0n) is 12.8. The molecule has 1 atom stereocenters. The van der Waals surface area contributed by atoms with Crippen LogP contribution in [0.4, 0.5) is 18.9 Å². The number of carbonyl (C=O) groups excluding carboxylic acids is 1. The second-order valence-electron chi connectivity index (χ2n) is 5.85. The van der Waals surface area contributed by atoms with Crippen LogP contribution in [-0.2, 0) is 11.0 Å². The number of halogens is 3. The van der Waals surface area contributed by atoms with Crippen LogP contribution in [0.15, 0.2) is 30.3 Å². The number of phenolic OH excluding ortho intramolecular Hbond substituents is 1. The number of aromatic hydroxyl groups is 1. The van der Waals surface area contributed by atoms with E-state index in [4.69, 9.17) is 0 Å². The summed E-state index contributed by atoms with van der Waals surface area (Å²) in [5.41, 5.74) is -0.376. The van der Waals surface area contributed by atoms with Gasteiger partial charge in [-0.15, -0.1) is 0 Å². The lowest BCUT2D eigenvalue weighted by Crippen LogP contribution is -2.26. The maximum Gasteiger partial charge on any atom is 0.435 e. The van der Waals surface area contributed by atoms with Crippen LogP contribution in [0, 0.1) is 0 Å². The normalized spacial score (nSPS) is 16.0. The molecule has 0 aliphatic heterocycles. The molecule has 3 rings (SSSR count). The SMILES string of the molecule is CC(C(=O)Nc1ccccc1O)n1nc(C(F)(F)F)cc1C1CC1. The van der Waals surface area contributed by atoms with Crippen molar-refractivity contribution in [3.05, 3.63) is 41.7 Å². The summed E-state index contributed by atoms with van der Waals surface area (Å²) in [6, 6.07) is 6.23. The Morgan fingerprint density at radius 2 is 2.04 bits per heavy atom. The van der Waals surface area contributed by atoms with E-state index in [9.17, 15) is 23.1 Å². The van der Waals surface area contributed by atoms with Crippen molar-refractivity contribution >= 4 is 11.6 Å². The molecule has 0 saturated heterocycles. The van der Waals surface area contributed by atoms with E-state index in [1.165, 1.54) is 19.1 Å². The van der Waals surface area contributed by atoms with Crippen LogP contribution in [0.2, 0.25) is 0 Å². The molecule has 1 heterocycles. The van der Waals surface area contributed by atoms with Crippen LogP contribution in [0.5, 0.6) is 5.75 Å². The molecule has 128 valence electrons. The number of nitrogens with zero attached hydrogens (tertiary/aromatic N) is 2. The number of amides is 1. The number of aromatic nitrogens is 2. The number of rotatable bonds is 4. The smallest absolute Gasteiger partial charge is 0.435 e.